The van der Waals surface area contributed by atoms with E-state index in [4.69, 9.17) is 74.3 Å². The number of ketones is 1. The molecule has 0 unspecified atom stereocenters. The Morgan fingerprint density at radius 2 is 1.45 bits per heavy atom. The first kappa shape index (κ1) is 24.7. The zero-order chi connectivity index (χ0) is 22.8. The molecule has 3 aromatic rings. The lowest BCUT2D eigenvalue weighted by Crippen LogP contribution is -2.21. The molecular weight excluding hydrogens is 527 g/mol. The molecule has 1 aromatic heterocycles. The average molecular weight is 542 g/mol. The van der Waals surface area contributed by atoms with Crippen LogP contribution in [0.1, 0.15) is 40.3 Å². The molecule has 0 aliphatic rings. The summed E-state index contributed by atoms with van der Waals surface area (Å²) in [4.78, 5) is 25.3. The lowest BCUT2D eigenvalue weighted by Gasteiger charge is -2.16. The number of ether oxygens (including phenoxy) is 1. The highest BCUT2D eigenvalue weighted by atomic mass is 35.6. The van der Waals surface area contributed by atoms with Crippen molar-refractivity contribution in [2.24, 2.45) is 0 Å². The van der Waals surface area contributed by atoms with E-state index < -0.39 is 13.4 Å². The molecule has 5 nitrogen and oxygen atoms in total. The van der Waals surface area contributed by atoms with E-state index in [0.29, 0.717) is 30.6 Å². The highest BCUT2D eigenvalue weighted by molar-refractivity contribution is 6.67. The third-order valence-corrected chi connectivity index (χ3v) is 5.34. The Morgan fingerprint density at radius 3 is 2.00 bits per heavy atom. The summed E-state index contributed by atoms with van der Waals surface area (Å²) in [7, 11) is 0. The maximum atomic E-state index is 13.4. The molecule has 0 aliphatic carbocycles. The van der Waals surface area contributed by atoms with E-state index in [1.165, 1.54) is 0 Å². The number of nitrogens with zero attached hydrogens (tertiary/aromatic N) is 3. The summed E-state index contributed by atoms with van der Waals surface area (Å²) in [6.45, 7) is 3.14. The van der Waals surface area contributed by atoms with Gasteiger partial charge < -0.3 is 4.74 Å². The molecule has 1 heterocycles. The van der Waals surface area contributed by atoms with Crippen molar-refractivity contribution < 1.29 is 9.53 Å². The van der Waals surface area contributed by atoms with E-state index in [-0.39, 0.29) is 17.5 Å². The molecule has 0 N–H and O–H groups in total. The predicted octanol–water partition coefficient (Wildman–Crippen LogP) is 6.49. The highest BCUT2D eigenvalue weighted by Crippen LogP contribution is 2.40. The number of aromatic nitrogens is 3. The quantitative estimate of drug-likeness (QED) is 0.203. The van der Waals surface area contributed by atoms with Gasteiger partial charge in [0.25, 0.3) is 0 Å². The van der Waals surface area contributed by atoms with Crippen LogP contribution in [-0.2, 0) is 18.7 Å². The molecule has 2 aromatic carbocycles. The van der Waals surface area contributed by atoms with E-state index in [2.05, 4.69) is 15.0 Å². The second-order valence-corrected chi connectivity index (χ2v) is 11.0. The van der Waals surface area contributed by atoms with Crippen molar-refractivity contribution in [3.63, 3.8) is 0 Å². The standard InChI is InChI=1S/C20H15Cl6N3O2/c1-2-31-10-9-11-7-8-14(13-6-4-3-5-12(11)13)15(30)16-27-17(19(21,22)23)29-18(28-16)20(24,25)26/h3-8H,2,9-10H2,1H3. The smallest absolute Gasteiger partial charge is 0.250 e. The number of carbonyl (C=O) groups is 1. The normalized spacial score (nSPS) is 12.4. The van der Waals surface area contributed by atoms with Crippen molar-refractivity contribution in [3.8, 4) is 0 Å². The van der Waals surface area contributed by atoms with Gasteiger partial charge in [-0.05, 0) is 35.7 Å². The minimum absolute atomic E-state index is 0.301. The Hall–Kier alpha value is -0.920. The summed E-state index contributed by atoms with van der Waals surface area (Å²) in [5.74, 6) is -1.48. The van der Waals surface area contributed by atoms with Gasteiger partial charge in [-0.1, -0.05) is 99.9 Å². The summed E-state index contributed by atoms with van der Waals surface area (Å²) in [5, 5.41) is 1.62. The molecule has 0 aliphatic heterocycles. The van der Waals surface area contributed by atoms with Crippen LogP contribution in [0.25, 0.3) is 10.8 Å². The van der Waals surface area contributed by atoms with E-state index in [9.17, 15) is 4.79 Å². The van der Waals surface area contributed by atoms with Gasteiger partial charge in [0, 0.05) is 12.2 Å². The summed E-state index contributed by atoms with van der Waals surface area (Å²) in [6, 6.07) is 11.0. The molecule has 31 heavy (non-hydrogen) atoms. The fourth-order valence-electron chi connectivity index (χ4n) is 2.96. The molecule has 3 rings (SSSR count). The molecule has 11 heteroatoms. The first-order chi connectivity index (χ1) is 14.5. The van der Waals surface area contributed by atoms with Gasteiger partial charge in [-0.3, -0.25) is 4.79 Å². The van der Waals surface area contributed by atoms with Gasteiger partial charge in [0.15, 0.2) is 11.6 Å². The summed E-state index contributed by atoms with van der Waals surface area (Å²) < 4.78 is 1.36. The maximum absolute atomic E-state index is 13.4. The largest absolute Gasteiger partial charge is 0.381 e. The Labute approximate surface area is 208 Å². The zero-order valence-corrected chi connectivity index (χ0v) is 20.5. The van der Waals surface area contributed by atoms with Crippen molar-refractivity contribution in [2.75, 3.05) is 13.2 Å². The Morgan fingerprint density at radius 1 is 0.871 bits per heavy atom. The van der Waals surface area contributed by atoms with Crippen LogP contribution in [0.3, 0.4) is 0 Å². The molecule has 0 spiro atoms. The van der Waals surface area contributed by atoms with E-state index in [1.54, 1.807) is 6.07 Å². The van der Waals surface area contributed by atoms with Crippen LogP contribution in [0.15, 0.2) is 36.4 Å². The van der Waals surface area contributed by atoms with Crippen molar-refractivity contribution in [3.05, 3.63) is 65.0 Å². The number of alkyl halides is 6. The number of hydrogen-bond donors (Lipinski definition) is 0. The molecular formula is C20H15Cl6N3O2. The summed E-state index contributed by atoms with van der Waals surface area (Å²) in [5.41, 5.74) is 1.40. The summed E-state index contributed by atoms with van der Waals surface area (Å²) in [6.07, 6.45) is 0.698. The molecule has 0 saturated heterocycles. The molecule has 0 fully saturated rings. The van der Waals surface area contributed by atoms with Crippen LogP contribution in [0.5, 0.6) is 0 Å². The fraction of sp³-hybridized carbons (Fsp3) is 0.300. The molecule has 0 radical (unpaired) electrons. The summed E-state index contributed by atoms with van der Waals surface area (Å²) >= 11 is 35.4. The van der Waals surface area contributed by atoms with Gasteiger partial charge in [-0.15, -0.1) is 0 Å². The van der Waals surface area contributed by atoms with Crippen LogP contribution in [-0.4, -0.2) is 33.9 Å². The lowest BCUT2D eigenvalue weighted by atomic mass is 9.95. The first-order valence-electron chi connectivity index (χ1n) is 9.06. The predicted molar refractivity (Wildman–Crippen MR) is 126 cm³/mol. The second-order valence-electron chi connectivity index (χ2n) is 6.40. The SMILES string of the molecule is CCOCCc1ccc(C(=O)c2nc(C(Cl)(Cl)Cl)nc(C(Cl)(Cl)Cl)n2)c2ccccc12. The third-order valence-electron chi connectivity index (χ3n) is 4.32. The number of halogens is 6. The lowest BCUT2D eigenvalue weighted by molar-refractivity contribution is 0.103. The Balaban J connectivity index is 2.12. The van der Waals surface area contributed by atoms with Crippen LogP contribution < -0.4 is 0 Å². The van der Waals surface area contributed by atoms with Crippen LogP contribution in [0.4, 0.5) is 0 Å². The average Bonchev–Trinajstić information content (AvgIpc) is 2.72. The van der Waals surface area contributed by atoms with Crippen LogP contribution in [0.2, 0.25) is 0 Å². The van der Waals surface area contributed by atoms with Crippen molar-refractivity contribution >= 4 is 86.2 Å². The van der Waals surface area contributed by atoms with Crippen molar-refractivity contribution in [1.82, 2.24) is 15.0 Å². The number of hydrogen-bond acceptors (Lipinski definition) is 5. The minimum atomic E-state index is -2.05. The minimum Gasteiger partial charge on any atom is -0.381 e. The number of rotatable bonds is 6. The van der Waals surface area contributed by atoms with Crippen molar-refractivity contribution in [1.29, 1.82) is 0 Å². The highest BCUT2D eigenvalue weighted by Gasteiger charge is 2.35. The van der Waals surface area contributed by atoms with E-state index in [0.717, 1.165) is 10.9 Å². The second kappa shape index (κ2) is 9.92. The molecule has 0 bridgehead atoms. The number of fused-ring (bicyclic) bond motifs is 1. The molecule has 0 amide bonds. The monoisotopic (exact) mass is 539 g/mol. The molecule has 0 atom stereocenters. The van der Waals surface area contributed by atoms with E-state index >= 15 is 0 Å². The topological polar surface area (TPSA) is 65.0 Å². The fourth-order valence-corrected chi connectivity index (χ4v) is 3.46. The van der Waals surface area contributed by atoms with Crippen LogP contribution >= 0.6 is 69.6 Å². The van der Waals surface area contributed by atoms with Gasteiger partial charge in [0.2, 0.25) is 19.2 Å². The van der Waals surface area contributed by atoms with Gasteiger partial charge in [-0.2, -0.15) is 0 Å². The van der Waals surface area contributed by atoms with Crippen molar-refractivity contribution in [2.45, 2.75) is 20.9 Å². The van der Waals surface area contributed by atoms with Gasteiger partial charge in [0.05, 0.1) is 6.61 Å². The zero-order valence-electron chi connectivity index (χ0n) is 16.0. The van der Waals surface area contributed by atoms with Crippen LogP contribution in [0, 0.1) is 0 Å². The Bertz CT molecular complexity index is 1080. The number of carbonyl (C=O) groups excluding carboxylic acids is 1. The third kappa shape index (κ3) is 5.91. The van der Waals surface area contributed by atoms with Gasteiger partial charge >= 0.3 is 0 Å². The van der Waals surface area contributed by atoms with E-state index in [1.807, 2.05) is 37.3 Å². The Kier molecular flexibility index (Phi) is 7.91. The van der Waals surface area contributed by atoms with Gasteiger partial charge in [-0.25, -0.2) is 15.0 Å². The molecule has 164 valence electrons. The number of benzene rings is 2. The maximum Gasteiger partial charge on any atom is 0.250 e. The molecule has 0 saturated carbocycles. The van der Waals surface area contributed by atoms with Gasteiger partial charge in [0.1, 0.15) is 0 Å². The first-order valence-corrected chi connectivity index (χ1v) is 11.3.